The monoisotopic (exact) mass is 427 g/mol. The Morgan fingerprint density at radius 1 is 1.20 bits per heavy atom. The molecule has 9 heteroatoms. The molecule has 0 N–H and O–H groups in total. The minimum atomic E-state index is -0.489. The first kappa shape index (κ1) is 21.4. The number of amides is 1. The van der Waals surface area contributed by atoms with E-state index in [9.17, 15) is 19.7 Å². The highest BCUT2D eigenvalue weighted by molar-refractivity contribution is 7.16. The molecule has 8 nitrogen and oxygen atoms in total. The quantitative estimate of drug-likeness (QED) is 0.340. The Bertz CT molecular complexity index is 1210. The van der Waals surface area contributed by atoms with Crippen molar-refractivity contribution >= 4 is 39.1 Å². The van der Waals surface area contributed by atoms with Crippen LogP contribution in [0.4, 0.5) is 5.69 Å². The molecule has 0 saturated carbocycles. The van der Waals surface area contributed by atoms with Crippen molar-refractivity contribution < 1.29 is 19.2 Å². The molecule has 1 heterocycles. The molecule has 0 fully saturated rings. The van der Waals surface area contributed by atoms with Gasteiger partial charge in [0.1, 0.15) is 6.54 Å². The average molecular weight is 427 g/mol. The lowest BCUT2D eigenvalue weighted by atomic mass is 10.0. The van der Waals surface area contributed by atoms with E-state index >= 15 is 0 Å². The van der Waals surface area contributed by atoms with Gasteiger partial charge in [-0.3, -0.25) is 19.7 Å². The predicted molar refractivity (Wildman–Crippen MR) is 113 cm³/mol. The van der Waals surface area contributed by atoms with E-state index in [2.05, 4.69) is 4.99 Å². The molecule has 3 rings (SSSR count). The fraction of sp³-hybridized carbons (Fsp3) is 0.286. The molecule has 0 aliphatic rings. The number of benzene rings is 2. The molecule has 0 aliphatic carbocycles. The lowest BCUT2D eigenvalue weighted by Crippen LogP contribution is -2.23. The van der Waals surface area contributed by atoms with Gasteiger partial charge in [-0.05, 0) is 38.0 Å². The number of rotatable bonds is 6. The maximum absolute atomic E-state index is 12.7. The summed E-state index contributed by atoms with van der Waals surface area (Å²) in [4.78, 5) is 39.8. The Morgan fingerprint density at radius 3 is 2.67 bits per heavy atom. The van der Waals surface area contributed by atoms with Crippen molar-refractivity contribution in [3.63, 3.8) is 0 Å². The summed E-state index contributed by atoms with van der Waals surface area (Å²) in [6.45, 7) is 5.68. The molecule has 0 radical (unpaired) electrons. The fourth-order valence-electron chi connectivity index (χ4n) is 3.05. The molecule has 0 saturated heterocycles. The molecule has 1 aromatic heterocycles. The third kappa shape index (κ3) is 4.80. The van der Waals surface area contributed by atoms with Crippen molar-refractivity contribution in [2.24, 2.45) is 4.99 Å². The van der Waals surface area contributed by atoms with Crippen LogP contribution in [0.25, 0.3) is 10.2 Å². The number of nitro groups is 1. The van der Waals surface area contributed by atoms with Crippen molar-refractivity contribution in [2.75, 3.05) is 6.61 Å². The van der Waals surface area contributed by atoms with Gasteiger partial charge in [-0.2, -0.15) is 4.99 Å². The van der Waals surface area contributed by atoms with Crippen LogP contribution < -0.4 is 4.80 Å². The molecular formula is C21H21N3O5S. The number of esters is 1. The molecule has 0 aliphatic heterocycles. The van der Waals surface area contributed by atoms with Crippen LogP contribution in [0.5, 0.6) is 0 Å². The number of nitrogens with zero attached hydrogens (tertiary/aromatic N) is 3. The number of hydrogen-bond acceptors (Lipinski definition) is 6. The summed E-state index contributed by atoms with van der Waals surface area (Å²) in [6, 6.07) is 10.2. The summed E-state index contributed by atoms with van der Waals surface area (Å²) < 4.78 is 7.14. The summed E-state index contributed by atoms with van der Waals surface area (Å²) in [5.74, 6) is -0.832. The summed E-state index contributed by atoms with van der Waals surface area (Å²) >= 11 is 1.13. The third-order valence-electron chi connectivity index (χ3n) is 4.54. The van der Waals surface area contributed by atoms with Crippen molar-refractivity contribution in [3.05, 3.63) is 68.0 Å². The number of aryl methyl sites for hydroxylation is 2. The van der Waals surface area contributed by atoms with E-state index in [-0.39, 0.29) is 31.2 Å². The highest BCUT2D eigenvalue weighted by atomic mass is 32.1. The maximum atomic E-state index is 12.7. The molecule has 1 amide bonds. The van der Waals surface area contributed by atoms with Gasteiger partial charge in [-0.15, -0.1) is 0 Å². The first-order valence-electron chi connectivity index (χ1n) is 9.35. The Morgan fingerprint density at radius 2 is 1.97 bits per heavy atom. The van der Waals surface area contributed by atoms with E-state index < -0.39 is 10.9 Å². The zero-order valence-electron chi connectivity index (χ0n) is 16.9. The Hall–Kier alpha value is -3.33. The normalized spacial score (nSPS) is 11.6. The smallest absolute Gasteiger partial charge is 0.326 e. The number of carbonyl (C=O) groups excluding carboxylic acids is 2. The fourth-order valence-corrected chi connectivity index (χ4v) is 4.13. The summed E-state index contributed by atoms with van der Waals surface area (Å²) in [5.41, 5.74) is 3.44. The number of ether oxygens (including phenoxy) is 1. The van der Waals surface area contributed by atoms with E-state index in [1.54, 1.807) is 17.6 Å². The Kier molecular flexibility index (Phi) is 6.41. The van der Waals surface area contributed by atoms with Gasteiger partial charge in [0.15, 0.2) is 4.80 Å². The minimum Gasteiger partial charge on any atom is -0.465 e. The lowest BCUT2D eigenvalue weighted by Gasteiger charge is -2.06. The van der Waals surface area contributed by atoms with Gasteiger partial charge in [0.05, 0.1) is 28.2 Å². The number of carbonyl (C=O) groups is 2. The van der Waals surface area contributed by atoms with Crippen LogP contribution >= 0.6 is 11.3 Å². The Balaban J connectivity index is 2.05. The molecule has 0 bridgehead atoms. The van der Waals surface area contributed by atoms with Crippen molar-refractivity contribution in [2.45, 2.75) is 33.7 Å². The van der Waals surface area contributed by atoms with Crippen LogP contribution in [-0.4, -0.2) is 28.0 Å². The average Bonchev–Trinajstić information content (AvgIpc) is 3.01. The first-order valence-corrected chi connectivity index (χ1v) is 10.2. The largest absolute Gasteiger partial charge is 0.465 e. The first-order chi connectivity index (χ1) is 14.3. The van der Waals surface area contributed by atoms with Gasteiger partial charge >= 0.3 is 5.97 Å². The van der Waals surface area contributed by atoms with Gasteiger partial charge in [0.25, 0.3) is 11.6 Å². The molecule has 0 spiro atoms. The number of fused-ring (bicyclic) bond motifs is 1. The van der Waals surface area contributed by atoms with Crippen molar-refractivity contribution in [3.8, 4) is 0 Å². The SMILES string of the molecule is CCOC(=O)Cn1c(=NC(=O)Cc2cc(C)ccc2C)sc2cc([N+](=O)[O-])ccc21. The van der Waals surface area contributed by atoms with Gasteiger partial charge in [-0.1, -0.05) is 35.1 Å². The second-order valence-corrected chi connectivity index (χ2v) is 7.81. The summed E-state index contributed by atoms with van der Waals surface area (Å²) in [6.07, 6.45) is 0.126. The molecule has 2 aromatic carbocycles. The number of non-ortho nitro benzene ring substituents is 1. The van der Waals surface area contributed by atoms with E-state index in [0.29, 0.717) is 15.0 Å². The molecule has 3 aromatic rings. The standard InChI is InChI=1S/C21H21N3O5S/c1-4-29-20(26)12-23-17-8-7-16(24(27)28)11-18(17)30-21(23)22-19(25)10-15-9-13(2)5-6-14(15)3/h5-9,11H,4,10,12H2,1-3H3. The van der Waals surface area contributed by atoms with Crippen molar-refractivity contribution in [1.82, 2.24) is 4.57 Å². The highest BCUT2D eigenvalue weighted by Crippen LogP contribution is 2.23. The van der Waals surface area contributed by atoms with Crippen LogP contribution in [0, 0.1) is 24.0 Å². The van der Waals surface area contributed by atoms with E-state index in [1.165, 1.54) is 12.1 Å². The van der Waals surface area contributed by atoms with E-state index in [0.717, 1.165) is 28.0 Å². The maximum Gasteiger partial charge on any atom is 0.326 e. The number of nitro benzene ring substituents is 1. The van der Waals surface area contributed by atoms with Gasteiger partial charge < -0.3 is 9.30 Å². The number of hydrogen-bond donors (Lipinski definition) is 0. The van der Waals surface area contributed by atoms with Gasteiger partial charge in [-0.25, -0.2) is 0 Å². The van der Waals surface area contributed by atoms with Crippen LogP contribution in [0.3, 0.4) is 0 Å². The van der Waals surface area contributed by atoms with Gasteiger partial charge in [0.2, 0.25) is 0 Å². The second kappa shape index (κ2) is 9.00. The summed E-state index contributed by atoms with van der Waals surface area (Å²) in [7, 11) is 0. The molecular weight excluding hydrogens is 406 g/mol. The summed E-state index contributed by atoms with van der Waals surface area (Å²) in [5, 5.41) is 11.1. The third-order valence-corrected chi connectivity index (χ3v) is 5.58. The molecule has 0 unspecified atom stereocenters. The second-order valence-electron chi connectivity index (χ2n) is 6.80. The highest BCUT2D eigenvalue weighted by Gasteiger charge is 2.15. The van der Waals surface area contributed by atoms with E-state index in [4.69, 9.17) is 4.74 Å². The van der Waals surface area contributed by atoms with Crippen LogP contribution in [0.15, 0.2) is 41.4 Å². The lowest BCUT2D eigenvalue weighted by molar-refractivity contribution is -0.384. The Labute approximate surface area is 176 Å². The molecule has 30 heavy (non-hydrogen) atoms. The van der Waals surface area contributed by atoms with Crippen LogP contribution in [-0.2, 0) is 27.3 Å². The number of thiazole rings is 1. The van der Waals surface area contributed by atoms with Crippen molar-refractivity contribution in [1.29, 1.82) is 0 Å². The van der Waals surface area contributed by atoms with Crippen LogP contribution in [0.2, 0.25) is 0 Å². The van der Waals surface area contributed by atoms with E-state index in [1.807, 2.05) is 32.0 Å². The topological polar surface area (TPSA) is 104 Å². The van der Waals surface area contributed by atoms with Crippen LogP contribution in [0.1, 0.15) is 23.6 Å². The zero-order valence-corrected chi connectivity index (χ0v) is 17.7. The predicted octanol–water partition coefficient (Wildman–Crippen LogP) is 3.46. The van der Waals surface area contributed by atoms with Gasteiger partial charge in [0, 0.05) is 12.1 Å². The molecule has 156 valence electrons. The minimum absolute atomic E-state index is 0.0692. The zero-order chi connectivity index (χ0) is 21.8. The number of aromatic nitrogens is 1. The molecule has 0 atom stereocenters.